The fourth-order valence-electron chi connectivity index (χ4n) is 1.80. The van der Waals surface area contributed by atoms with E-state index in [2.05, 4.69) is 15.9 Å². The Bertz CT molecular complexity index is 220. The van der Waals surface area contributed by atoms with Crippen molar-refractivity contribution in [2.75, 3.05) is 11.9 Å². The zero-order valence-corrected chi connectivity index (χ0v) is 10.1. The van der Waals surface area contributed by atoms with Crippen molar-refractivity contribution in [3.8, 4) is 0 Å². The molecule has 0 aliphatic carbocycles. The summed E-state index contributed by atoms with van der Waals surface area (Å²) < 4.78 is 5.45. The minimum Gasteiger partial charge on any atom is -0.465 e. The Balaban J connectivity index is 2.64. The second-order valence-corrected chi connectivity index (χ2v) is 4.69. The topological polar surface area (TPSA) is 49.8 Å². The Hall–Kier alpha value is -0.290. The molecule has 5 heteroatoms. The van der Waals surface area contributed by atoms with Crippen LogP contribution in [0, 0.1) is 0 Å². The molecular weight excluding hydrogens is 250 g/mol. The van der Waals surface area contributed by atoms with E-state index in [0.717, 1.165) is 18.2 Å². The van der Waals surface area contributed by atoms with Crippen LogP contribution in [0.3, 0.4) is 0 Å². The van der Waals surface area contributed by atoms with Crippen molar-refractivity contribution in [1.29, 1.82) is 0 Å². The summed E-state index contributed by atoms with van der Waals surface area (Å²) in [5.74, 6) is 0. The van der Waals surface area contributed by atoms with Gasteiger partial charge in [-0.2, -0.15) is 0 Å². The van der Waals surface area contributed by atoms with Crippen molar-refractivity contribution in [1.82, 2.24) is 4.90 Å². The average molecular weight is 266 g/mol. The first-order valence-corrected chi connectivity index (χ1v) is 5.83. The van der Waals surface area contributed by atoms with Crippen molar-refractivity contribution in [3.05, 3.63) is 0 Å². The highest BCUT2D eigenvalue weighted by atomic mass is 79.9. The molecule has 1 fully saturated rings. The summed E-state index contributed by atoms with van der Waals surface area (Å²) in [6.07, 6.45) is 0.918. The Labute approximate surface area is 92.3 Å². The molecule has 1 amide bonds. The molecule has 82 valence electrons. The van der Waals surface area contributed by atoms with Gasteiger partial charge in [0.2, 0.25) is 0 Å². The lowest BCUT2D eigenvalue weighted by molar-refractivity contribution is -0.0421. The Kier molecular flexibility index (Phi) is 3.78. The number of rotatable bonds is 3. The fraction of sp³-hybridized carbons (Fsp3) is 0.889. The van der Waals surface area contributed by atoms with Crippen molar-refractivity contribution in [2.24, 2.45) is 0 Å². The molecule has 1 rings (SSSR count). The van der Waals surface area contributed by atoms with Crippen LogP contribution in [0.4, 0.5) is 4.79 Å². The zero-order valence-electron chi connectivity index (χ0n) is 8.49. The van der Waals surface area contributed by atoms with E-state index in [0.29, 0.717) is 6.61 Å². The van der Waals surface area contributed by atoms with Crippen LogP contribution in [-0.4, -0.2) is 39.8 Å². The molecule has 1 aliphatic rings. The molecule has 0 aromatic heterocycles. The normalized spacial score (nSPS) is 25.4. The summed E-state index contributed by atoms with van der Waals surface area (Å²) in [5, 5.41) is 9.95. The summed E-state index contributed by atoms with van der Waals surface area (Å²) in [5.41, 5.74) is -0.678. The molecule has 1 saturated heterocycles. The van der Waals surface area contributed by atoms with Crippen LogP contribution in [0.15, 0.2) is 0 Å². The molecule has 0 bridgehead atoms. The minimum atomic E-state index is -0.896. The molecule has 4 nitrogen and oxygen atoms in total. The molecule has 0 aromatic carbocycles. The first-order valence-electron chi connectivity index (χ1n) is 4.71. The van der Waals surface area contributed by atoms with Gasteiger partial charge in [0.25, 0.3) is 0 Å². The van der Waals surface area contributed by atoms with E-state index in [1.807, 2.05) is 0 Å². The average Bonchev–Trinajstić information content (AvgIpc) is 2.37. The second-order valence-electron chi connectivity index (χ2n) is 3.90. The van der Waals surface area contributed by atoms with Crippen molar-refractivity contribution < 1.29 is 14.6 Å². The van der Waals surface area contributed by atoms with Crippen LogP contribution >= 0.6 is 15.9 Å². The number of ether oxygens (including phenoxy) is 1. The molecule has 0 unspecified atom stereocenters. The lowest BCUT2D eigenvalue weighted by atomic mass is 10.1. The highest BCUT2D eigenvalue weighted by Gasteiger charge is 2.43. The van der Waals surface area contributed by atoms with Gasteiger partial charge in [-0.1, -0.05) is 15.9 Å². The van der Waals surface area contributed by atoms with Gasteiger partial charge >= 0.3 is 6.09 Å². The SMILES string of the molecule is CC1(C)OC[C@H](CCCBr)N1C(=O)O. The highest BCUT2D eigenvalue weighted by Crippen LogP contribution is 2.29. The Morgan fingerprint density at radius 3 is 2.86 bits per heavy atom. The van der Waals surface area contributed by atoms with E-state index in [1.165, 1.54) is 4.90 Å². The number of alkyl halides is 1. The number of nitrogens with zero attached hydrogens (tertiary/aromatic N) is 1. The molecular formula is C9H16BrNO3. The molecule has 0 spiro atoms. The predicted octanol–water partition coefficient (Wildman–Crippen LogP) is 2.28. The predicted molar refractivity (Wildman–Crippen MR) is 56.7 cm³/mol. The molecule has 0 radical (unpaired) electrons. The summed E-state index contributed by atoms with van der Waals surface area (Å²) in [6.45, 7) is 4.08. The van der Waals surface area contributed by atoms with E-state index in [-0.39, 0.29) is 6.04 Å². The number of carbonyl (C=O) groups is 1. The van der Waals surface area contributed by atoms with Crippen LogP contribution in [0.5, 0.6) is 0 Å². The quantitative estimate of drug-likeness (QED) is 0.797. The number of hydrogen-bond donors (Lipinski definition) is 1. The summed E-state index contributed by atoms with van der Waals surface area (Å²) in [7, 11) is 0. The number of amides is 1. The van der Waals surface area contributed by atoms with Crippen LogP contribution in [0.2, 0.25) is 0 Å². The monoisotopic (exact) mass is 265 g/mol. The summed E-state index contributed by atoms with van der Waals surface area (Å²) >= 11 is 3.34. The molecule has 0 aromatic rings. The van der Waals surface area contributed by atoms with Gasteiger partial charge in [0.15, 0.2) is 0 Å². The number of halogens is 1. The van der Waals surface area contributed by atoms with Crippen LogP contribution in [0.25, 0.3) is 0 Å². The smallest absolute Gasteiger partial charge is 0.409 e. The third-order valence-electron chi connectivity index (χ3n) is 2.45. The fourth-order valence-corrected chi connectivity index (χ4v) is 2.12. The van der Waals surface area contributed by atoms with Crippen LogP contribution in [0.1, 0.15) is 26.7 Å². The van der Waals surface area contributed by atoms with Crippen molar-refractivity contribution in [3.63, 3.8) is 0 Å². The van der Waals surface area contributed by atoms with Crippen LogP contribution < -0.4 is 0 Å². The summed E-state index contributed by atoms with van der Waals surface area (Å²) in [6, 6.07) is 0.0000463. The molecule has 1 aliphatic heterocycles. The molecule has 1 atom stereocenters. The van der Waals surface area contributed by atoms with Gasteiger partial charge in [-0.25, -0.2) is 4.79 Å². The maximum atomic E-state index is 11.0. The van der Waals surface area contributed by atoms with Gasteiger partial charge in [0.05, 0.1) is 12.6 Å². The lowest BCUT2D eigenvalue weighted by Crippen LogP contribution is -2.47. The number of hydrogen-bond acceptors (Lipinski definition) is 2. The summed E-state index contributed by atoms with van der Waals surface area (Å²) in [4.78, 5) is 12.4. The van der Waals surface area contributed by atoms with E-state index < -0.39 is 11.8 Å². The molecule has 1 heterocycles. The maximum absolute atomic E-state index is 11.0. The molecule has 1 N–H and O–H groups in total. The van der Waals surface area contributed by atoms with Gasteiger partial charge < -0.3 is 9.84 Å². The van der Waals surface area contributed by atoms with Gasteiger partial charge in [-0.05, 0) is 26.7 Å². The van der Waals surface area contributed by atoms with Gasteiger partial charge in [-0.3, -0.25) is 4.90 Å². The van der Waals surface area contributed by atoms with Gasteiger partial charge in [0, 0.05) is 5.33 Å². The van der Waals surface area contributed by atoms with Crippen molar-refractivity contribution in [2.45, 2.75) is 38.5 Å². The first-order chi connectivity index (χ1) is 6.49. The Morgan fingerprint density at radius 1 is 1.71 bits per heavy atom. The molecule has 0 saturated carbocycles. The first kappa shape index (κ1) is 11.8. The second kappa shape index (κ2) is 4.49. The molecule has 14 heavy (non-hydrogen) atoms. The largest absolute Gasteiger partial charge is 0.465 e. The van der Waals surface area contributed by atoms with Crippen molar-refractivity contribution >= 4 is 22.0 Å². The third-order valence-corrected chi connectivity index (χ3v) is 3.01. The maximum Gasteiger partial charge on any atom is 0.409 e. The zero-order chi connectivity index (χ0) is 10.8. The van der Waals surface area contributed by atoms with E-state index >= 15 is 0 Å². The van der Waals surface area contributed by atoms with E-state index in [9.17, 15) is 4.79 Å². The van der Waals surface area contributed by atoms with Gasteiger partial charge in [0.1, 0.15) is 5.72 Å². The van der Waals surface area contributed by atoms with Crippen LogP contribution in [-0.2, 0) is 4.74 Å². The van der Waals surface area contributed by atoms with Gasteiger partial charge in [-0.15, -0.1) is 0 Å². The number of carboxylic acid groups (broad SMARTS) is 1. The minimum absolute atomic E-state index is 0.0000463. The standard InChI is InChI=1S/C9H16BrNO3/c1-9(2)11(8(12)13)7(6-14-9)4-3-5-10/h7H,3-6H2,1-2H3,(H,12,13)/t7-/m0/s1. The third kappa shape index (κ3) is 2.39. The lowest BCUT2D eigenvalue weighted by Gasteiger charge is -2.30. The highest BCUT2D eigenvalue weighted by molar-refractivity contribution is 9.09. The van der Waals surface area contributed by atoms with E-state index in [4.69, 9.17) is 9.84 Å². The Morgan fingerprint density at radius 2 is 2.36 bits per heavy atom. The van der Waals surface area contributed by atoms with E-state index in [1.54, 1.807) is 13.8 Å².